The van der Waals surface area contributed by atoms with Gasteiger partial charge in [0.1, 0.15) is 0 Å². The molecule has 0 spiro atoms. The number of hydrogen-bond acceptors (Lipinski definition) is 4. The van der Waals surface area contributed by atoms with Crippen molar-refractivity contribution in [1.29, 1.82) is 0 Å². The highest BCUT2D eigenvalue weighted by Crippen LogP contribution is 2.24. The molecule has 23 heavy (non-hydrogen) atoms. The molecule has 1 heterocycles. The molecule has 0 aliphatic carbocycles. The summed E-state index contributed by atoms with van der Waals surface area (Å²) in [4.78, 5) is 15.7. The first-order chi connectivity index (χ1) is 10.9. The molecule has 0 bridgehead atoms. The van der Waals surface area contributed by atoms with Gasteiger partial charge in [-0.15, -0.1) is 0 Å². The molecule has 0 fully saturated rings. The molecule has 2 rings (SSSR count). The minimum Gasteiger partial charge on any atom is -0.349 e. The van der Waals surface area contributed by atoms with Crippen molar-refractivity contribution >= 4 is 39.1 Å². The third-order valence-electron chi connectivity index (χ3n) is 2.82. The molecule has 9 heteroatoms. The number of pyridine rings is 1. The lowest BCUT2D eigenvalue weighted by atomic mass is 10.3. The molecule has 0 aliphatic rings. The Balaban J connectivity index is 1.91. The Bertz CT molecular complexity index is 798. The third kappa shape index (κ3) is 5.18. The fourth-order valence-corrected chi connectivity index (χ4v) is 3.01. The Morgan fingerprint density at radius 1 is 1.13 bits per heavy atom. The zero-order valence-corrected chi connectivity index (χ0v) is 14.1. The van der Waals surface area contributed by atoms with E-state index in [2.05, 4.69) is 15.0 Å². The molecule has 0 saturated carbocycles. The van der Waals surface area contributed by atoms with Crippen LogP contribution in [0.3, 0.4) is 0 Å². The fourth-order valence-electron chi connectivity index (χ4n) is 1.64. The number of carbonyl (C=O) groups excluding carboxylic acids is 1. The number of aromatic nitrogens is 1. The Hall–Kier alpha value is -1.67. The lowest BCUT2D eigenvalue weighted by Crippen LogP contribution is -2.36. The van der Waals surface area contributed by atoms with Crippen molar-refractivity contribution in [3.63, 3.8) is 0 Å². The van der Waals surface area contributed by atoms with Crippen molar-refractivity contribution in [2.45, 2.75) is 11.4 Å². The van der Waals surface area contributed by atoms with Gasteiger partial charge in [0.15, 0.2) is 0 Å². The van der Waals surface area contributed by atoms with E-state index in [9.17, 15) is 13.2 Å². The van der Waals surface area contributed by atoms with Crippen LogP contribution in [0.4, 0.5) is 0 Å². The molecule has 0 atom stereocenters. The Labute approximate surface area is 143 Å². The first-order valence-corrected chi connectivity index (χ1v) is 8.74. The van der Waals surface area contributed by atoms with E-state index in [0.717, 1.165) is 0 Å². The largest absolute Gasteiger partial charge is 0.349 e. The van der Waals surface area contributed by atoms with Gasteiger partial charge in [0.05, 0.1) is 33.7 Å². The first kappa shape index (κ1) is 17.7. The van der Waals surface area contributed by atoms with Gasteiger partial charge in [-0.05, 0) is 30.3 Å². The number of amides is 1. The van der Waals surface area contributed by atoms with E-state index < -0.39 is 22.5 Å². The van der Waals surface area contributed by atoms with Crippen LogP contribution in [0.1, 0.15) is 5.69 Å². The second-order valence-electron chi connectivity index (χ2n) is 4.50. The second-order valence-corrected chi connectivity index (χ2v) is 7.08. The molecule has 1 amide bonds. The highest BCUT2D eigenvalue weighted by atomic mass is 35.5. The quantitative estimate of drug-likeness (QED) is 0.810. The Morgan fingerprint density at radius 2 is 1.91 bits per heavy atom. The van der Waals surface area contributed by atoms with E-state index in [-0.39, 0.29) is 21.5 Å². The number of rotatable bonds is 6. The molecule has 1 aromatic heterocycles. The molecule has 0 radical (unpaired) electrons. The van der Waals surface area contributed by atoms with Crippen molar-refractivity contribution in [1.82, 2.24) is 15.0 Å². The smallest absolute Gasteiger partial charge is 0.241 e. The first-order valence-electron chi connectivity index (χ1n) is 6.50. The van der Waals surface area contributed by atoms with E-state index in [1.165, 1.54) is 18.2 Å². The van der Waals surface area contributed by atoms with Gasteiger partial charge in [-0.1, -0.05) is 29.3 Å². The summed E-state index contributed by atoms with van der Waals surface area (Å²) in [7, 11) is -3.85. The predicted octanol–water partition coefficient (Wildman–Crippen LogP) is 1.98. The summed E-state index contributed by atoms with van der Waals surface area (Å²) in [6, 6.07) is 9.21. The number of halogens is 2. The summed E-state index contributed by atoms with van der Waals surface area (Å²) in [5.41, 5.74) is 0.674. The molecule has 6 nitrogen and oxygen atoms in total. The third-order valence-corrected chi connectivity index (χ3v) is 4.95. The van der Waals surface area contributed by atoms with E-state index in [1.807, 2.05) is 0 Å². The summed E-state index contributed by atoms with van der Waals surface area (Å²) < 4.78 is 26.3. The highest BCUT2D eigenvalue weighted by Gasteiger charge is 2.16. The van der Waals surface area contributed by atoms with Crippen LogP contribution in [-0.4, -0.2) is 25.9 Å². The second kappa shape index (κ2) is 7.74. The van der Waals surface area contributed by atoms with Gasteiger partial charge < -0.3 is 5.32 Å². The number of nitrogens with one attached hydrogen (secondary N) is 2. The molecule has 0 unspecified atom stereocenters. The highest BCUT2D eigenvalue weighted by molar-refractivity contribution is 7.89. The predicted molar refractivity (Wildman–Crippen MR) is 87.7 cm³/mol. The monoisotopic (exact) mass is 373 g/mol. The van der Waals surface area contributed by atoms with Gasteiger partial charge in [-0.2, -0.15) is 0 Å². The minimum atomic E-state index is -3.85. The molecular weight excluding hydrogens is 361 g/mol. The average Bonchev–Trinajstić information content (AvgIpc) is 2.54. The van der Waals surface area contributed by atoms with Gasteiger partial charge in [0.2, 0.25) is 15.9 Å². The summed E-state index contributed by atoms with van der Waals surface area (Å²) in [6.45, 7) is -0.177. The van der Waals surface area contributed by atoms with Crippen LogP contribution in [0.15, 0.2) is 47.5 Å². The van der Waals surface area contributed by atoms with E-state index >= 15 is 0 Å². The Kier molecular flexibility index (Phi) is 5.95. The number of hydrogen-bond donors (Lipinski definition) is 2. The van der Waals surface area contributed by atoms with Gasteiger partial charge >= 0.3 is 0 Å². The zero-order chi connectivity index (χ0) is 16.9. The standard InChI is InChI=1S/C14H13Cl2N3O3S/c15-12-5-4-11(7-13(12)16)23(21,22)19-9-14(20)18-8-10-3-1-2-6-17-10/h1-7,19H,8-9H2,(H,18,20). The van der Waals surface area contributed by atoms with Crippen molar-refractivity contribution in [3.05, 3.63) is 58.3 Å². The average molecular weight is 374 g/mol. The fraction of sp³-hybridized carbons (Fsp3) is 0.143. The summed E-state index contributed by atoms with van der Waals surface area (Å²) in [6.07, 6.45) is 1.61. The summed E-state index contributed by atoms with van der Waals surface area (Å²) in [5.74, 6) is -0.473. The molecule has 2 N–H and O–H groups in total. The van der Waals surface area contributed by atoms with E-state index in [1.54, 1.807) is 24.4 Å². The maximum atomic E-state index is 12.1. The topological polar surface area (TPSA) is 88.2 Å². The molecule has 122 valence electrons. The van der Waals surface area contributed by atoms with Crippen LogP contribution >= 0.6 is 23.2 Å². The van der Waals surface area contributed by atoms with Gasteiger partial charge in [0.25, 0.3) is 0 Å². The Morgan fingerprint density at radius 3 is 2.57 bits per heavy atom. The van der Waals surface area contributed by atoms with Crippen molar-refractivity contribution in [2.75, 3.05) is 6.54 Å². The van der Waals surface area contributed by atoms with Crippen LogP contribution in [0.5, 0.6) is 0 Å². The molecule has 0 saturated heterocycles. The molecule has 0 aliphatic heterocycles. The number of carbonyl (C=O) groups is 1. The van der Waals surface area contributed by atoms with Crippen LogP contribution in [0.25, 0.3) is 0 Å². The number of benzene rings is 1. The zero-order valence-electron chi connectivity index (χ0n) is 11.8. The van der Waals surface area contributed by atoms with Crippen molar-refractivity contribution in [3.8, 4) is 0 Å². The molecule has 2 aromatic rings. The van der Waals surface area contributed by atoms with Crippen LogP contribution in [-0.2, 0) is 21.4 Å². The summed E-state index contributed by atoms with van der Waals surface area (Å²) >= 11 is 11.5. The maximum Gasteiger partial charge on any atom is 0.241 e. The lowest BCUT2D eigenvalue weighted by molar-refractivity contribution is -0.120. The van der Waals surface area contributed by atoms with E-state index in [0.29, 0.717) is 5.69 Å². The van der Waals surface area contributed by atoms with Crippen LogP contribution in [0.2, 0.25) is 10.0 Å². The molecule has 1 aromatic carbocycles. The SMILES string of the molecule is O=C(CNS(=O)(=O)c1ccc(Cl)c(Cl)c1)NCc1ccccn1. The molecular formula is C14H13Cl2N3O3S. The van der Waals surface area contributed by atoms with Crippen molar-refractivity contribution in [2.24, 2.45) is 0 Å². The van der Waals surface area contributed by atoms with Crippen LogP contribution in [0, 0.1) is 0 Å². The number of sulfonamides is 1. The maximum absolute atomic E-state index is 12.1. The summed E-state index contributed by atoms with van der Waals surface area (Å²) in [5, 5.41) is 2.94. The number of nitrogens with zero attached hydrogens (tertiary/aromatic N) is 1. The minimum absolute atomic E-state index is 0.0653. The van der Waals surface area contributed by atoms with Gasteiger partial charge in [-0.3, -0.25) is 9.78 Å². The lowest BCUT2D eigenvalue weighted by Gasteiger charge is -2.08. The van der Waals surface area contributed by atoms with Gasteiger partial charge in [-0.25, -0.2) is 13.1 Å². The van der Waals surface area contributed by atoms with Crippen molar-refractivity contribution < 1.29 is 13.2 Å². The normalized spacial score (nSPS) is 11.2. The van der Waals surface area contributed by atoms with Crippen LogP contribution < -0.4 is 10.0 Å². The van der Waals surface area contributed by atoms with Gasteiger partial charge in [0, 0.05) is 6.20 Å². The van der Waals surface area contributed by atoms with E-state index in [4.69, 9.17) is 23.2 Å².